The zero-order valence-electron chi connectivity index (χ0n) is 18.8. The third kappa shape index (κ3) is 4.21. The van der Waals surface area contributed by atoms with Gasteiger partial charge in [0.25, 0.3) is 0 Å². The van der Waals surface area contributed by atoms with Crippen LogP contribution in [0.1, 0.15) is 83.6 Å². The molecule has 2 aromatic carbocycles. The first-order chi connectivity index (χ1) is 13.3. The fourth-order valence-electron chi connectivity index (χ4n) is 4.19. The van der Waals surface area contributed by atoms with Crippen molar-refractivity contribution in [3.05, 3.63) is 64.7 Å². The zero-order chi connectivity index (χ0) is 21.6. The number of sulfone groups is 1. The summed E-state index contributed by atoms with van der Waals surface area (Å²) in [5.41, 5.74) is 6.76. The highest BCUT2D eigenvalue weighted by Gasteiger charge is 2.36. The molecule has 0 amide bonds. The molecule has 0 saturated carbocycles. The van der Waals surface area contributed by atoms with Crippen LogP contribution in [0.4, 0.5) is 0 Å². The monoisotopic (exact) mass is 410 g/mol. The number of fused-ring (bicyclic) bond motifs is 1. The molecule has 3 heteroatoms. The summed E-state index contributed by atoms with van der Waals surface area (Å²) >= 11 is 0. The minimum Gasteiger partial charge on any atom is -0.223 e. The Bertz CT molecular complexity index is 1040. The third-order valence-corrected chi connectivity index (χ3v) is 8.69. The van der Waals surface area contributed by atoms with Gasteiger partial charge in [-0.1, -0.05) is 64.1 Å². The average molecular weight is 411 g/mol. The summed E-state index contributed by atoms with van der Waals surface area (Å²) in [4.78, 5) is 0.389. The van der Waals surface area contributed by atoms with E-state index in [4.69, 9.17) is 0 Å². The van der Waals surface area contributed by atoms with Gasteiger partial charge in [-0.15, -0.1) is 0 Å². The Balaban J connectivity index is 1.95. The van der Waals surface area contributed by atoms with Crippen molar-refractivity contribution in [2.75, 3.05) is 0 Å². The number of hydrogen-bond donors (Lipinski definition) is 0. The highest BCUT2D eigenvalue weighted by atomic mass is 32.2. The van der Waals surface area contributed by atoms with Crippen LogP contribution in [-0.4, -0.2) is 13.7 Å². The molecule has 0 bridgehead atoms. The van der Waals surface area contributed by atoms with Crippen LogP contribution in [0.2, 0.25) is 0 Å². The molecule has 0 aromatic heterocycles. The number of allylic oxidation sites excluding steroid dienone is 1. The van der Waals surface area contributed by atoms with E-state index >= 15 is 0 Å². The van der Waals surface area contributed by atoms with Gasteiger partial charge in [-0.25, -0.2) is 8.42 Å². The van der Waals surface area contributed by atoms with E-state index in [1.165, 1.54) is 35.1 Å². The number of hydrogen-bond acceptors (Lipinski definition) is 2. The van der Waals surface area contributed by atoms with Gasteiger partial charge in [0.1, 0.15) is 0 Å². The maximum absolute atomic E-state index is 12.3. The van der Waals surface area contributed by atoms with Crippen molar-refractivity contribution >= 4 is 21.5 Å². The average Bonchev–Trinajstić information content (AvgIpc) is 2.65. The molecule has 0 atom stereocenters. The molecule has 3 rings (SSSR count). The topological polar surface area (TPSA) is 34.1 Å². The standard InChI is InChI=1S/C26H34O2S/c1-18(2)29(27,28)22-11-8-20(9-12-22)16-19(3)21-10-13-23-24(17-21)26(6,7)15-14-25(23,4)5/h8-13,16-18H,14-15H2,1-7H3/b19-16+. The second-order valence-corrected chi connectivity index (χ2v) is 12.5. The second-order valence-electron chi connectivity index (χ2n) is 10.0. The lowest BCUT2D eigenvalue weighted by molar-refractivity contribution is 0.332. The van der Waals surface area contributed by atoms with E-state index in [0.29, 0.717) is 4.90 Å². The normalized spacial score (nSPS) is 18.6. The van der Waals surface area contributed by atoms with Crippen LogP contribution in [0.5, 0.6) is 0 Å². The molecule has 0 fully saturated rings. The Morgan fingerprint density at radius 3 is 2.00 bits per heavy atom. The lowest BCUT2D eigenvalue weighted by Gasteiger charge is -2.42. The number of rotatable bonds is 4. The molecule has 0 radical (unpaired) electrons. The molecule has 29 heavy (non-hydrogen) atoms. The molecule has 1 aliphatic rings. The van der Waals surface area contributed by atoms with Crippen LogP contribution >= 0.6 is 0 Å². The van der Waals surface area contributed by atoms with E-state index in [1.807, 2.05) is 12.1 Å². The zero-order valence-corrected chi connectivity index (χ0v) is 19.7. The van der Waals surface area contributed by atoms with Crippen LogP contribution in [0.3, 0.4) is 0 Å². The van der Waals surface area contributed by atoms with Gasteiger partial charge < -0.3 is 0 Å². The molecule has 1 aliphatic carbocycles. The van der Waals surface area contributed by atoms with E-state index in [-0.39, 0.29) is 10.8 Å². The van der Waals surface area contributed by atoms with E-state index in [0.717, 1.165) is 5.56 Å². The van der Waals surface area contributed by atoms with Crippen molar-refractivity contribution in [1.82, 2.24) is 0 Å². The first kappa shape index (κ1) is 21.8. The van der Waals surface area contributed by atoms with E-state index < -0.39 is 15.1 Å². The highest BCUT2D eigenvalue weighted by molar-refractivity contribution is 7.92. The Morgan fingerprint density at radius 1 is 0.897 bits per heavy atom. The molecule has 0 aliphatic heterocycles. The van der Waals surface area contributed by atoms with Gasteiger partial charge >= 0.3 is 0 Å². The van der Waals surface area contributed by atoms with Crippen molar-refractivity contribution in [1.29, 1.82) is 0 Å². The molecule has 0 spiro atoms. The Morgan fingerprint density at radius 2 is 1.45 bits per heavy atom. The molecule has 2 aromatic rings. The summed E-state index contributed by atoms with van der Waals surface area (Å²) in [5.74, 6) is 0. The largest absolute Gasteiger partial charge is 0.223 e. The van der Waals surface area contributed by atoms with Gasteiger partial charge in [0.05, 0.1) is 10.1 Å². The van der Waals surface area contributed by atoms with Crippen LogP contribution < -0.4 is 0 Å². The van der Waals surface area contributed by atoms with Crippen LogP contribution in [0.15, 0.2) is 47.4 Å². The first-order valence-corrected chi connectivity index (χ1v) is 12.1. The van der Waals surface area contributed by atoms with Gasteiger partial charge in [0.15, 0.2) is 9.84 Å². The molecule has 2 nitrogen and oxygen atoms in total. The first-order valence-electron chi connectivity index (χ1n) is 10.5. The van der Waals surface area contributed by atoms with Gasteiger partial charge in [-0.2, -0.15) is 0 Å². The fourth-order valence-corrected chi connectivity index (χ4v) is 5.25. The predicted octanol–water partition coefficient (Wildman–Crippen LogP) is 6.78. The summed E-state index contributed by atoms with van der Waals surface area (Å²) in [6.45, 7) is 14.9. The van der Waals surface area contributed by atoms with Crippen molar-refractivity contribution in [3.8, 4) is 0 Å². The molecular formula is C26H34O2S. The quantitative estimate of drug-likeness (QED) is 0.521. The molecule has 0 N–H and O–H groups in total. The van der Waals surface area contributed by atoms with Crippen LogP contribution in [0.25, 0.3) is 11.6 Å². The van der Waals surface area contributed by atoms with Gasteiger partial charge in [0, 0.05) is 0 Å². The molecular weight excluding hydrogens is 376 g/mol. The Labute approximate surface area is 177 Å². The maximum atomic E-state index is 12.3. The Kier molecular flexibility index (Phi) is 5.59. The van der Waals surface area contributed by atoms with Crippen molar-refractivity contribution in [2.45, 2.75) is 82.3 Å². The van der Waals surface area contributed by atoms with Gasteiger partial charge in [0.2, 0.25) is 0 Å². The van der Waals surface area contributed by atoms with Crippen LogP contribution in [0, 0.1) is 0 Å². The summed E-state index contributed by atoms with van der Waals surface area (Å²) < 4.78 is 24.6. The molecule has 0 saturated heterocycles. The SMILES string of the molecule is C/C(=C\c1ccc(S(=O)(=O)C(C)C)cc1)c1ccc2c(c1)C(C)(C)CCC2(C)C. The molecule has 156 valence electrons. The molecule has 0 unspecified atom stereocenters. The van der Waals surface area contributed by atoms with Crippen LogP contribution in [-0.2, 0) is 20.7 Å². The lowest BCUT2D eigenvalue weighted by Crippen LogP contribution is -2.33. The summed E-state index contributed by atoms with van der Waals surface area (Å²) in [6, 6.07) is 14.1. The van der Waals surface area contributed by atoms with Gasteiger partial charge in [-0.3, -0.25) is 0 Å². The summed E-state index contributed by atoms with van der Waals surface area (Å²) in [6.07, 6.45) is 4.55. The van der Waals surface area contributed by atoms with Gasteiger partial charge in [-0.05, 0) is 84.4 Å². The lowest BCUT2D eigenvalue weighted by atomic mass is 9.63. The second kappa shape index (κ2) is 7.43. The summed E-state index contributed by atoms with van der Waals surface area (Å²) in [5, 5.41) is -0.409. The maximum Gasteiger partial charge on any atom is 0.180 e. The van der Waals surface area contributed by atoms with Crippen molar-refractivity contribution < 1.29 is 8.42 Å². The smallest absolute Gasteiger partial charge is 0.180 e. The van der Waals surface area contributed by atoms with Crippen molar-refractivity contribution in [3.63, 3.8) is 0 Å². The minimum atomic E-state index is -3.23. The fraction of sp³-hybridized carbons (Fsp3) is 0.462. The minimum absolute atomic E-state index is 0.188. The van der Waals surface area contributed by atoms with E-state index in [2.05, 4.69) is 58.9 Å². The van der Waals surface area contributed by atoms with E-state index in [9.17, 15) is 8.42 Å². The van der Waals surface area contributed by atoms with E-state index in [1.54, 1.807) is 26.0 Å². The third-order valence-electron chi connectivity index (χ3n) is 6.52. The number of benzene rings is 2. The van der Waals surface area contributed by atoms with Crippen molar-refractivity contribution in [2.24, 2.45) is 0 Å². The predicted molar refractivity (Wildman–Crippen MR) is 124 cm³/mol. The Hall–Kier alpha value is -1.87. The molecule has 0 heterocycles. The summed E-state index contributed by atoms with van der Waals surface area (Å²) in [7, 11) is -3.23. The highest BCUT2D eigenvalue weighted by Crippen LogP contribution is 2.46.